The number of ether oxygens (including phenoxy) is 3. The van der Waals surface area contributed by atoms with Gasteiger partial charge >= 0.3 is 0 Å². The molecular weight excluding hydrogens is 538 g/mol. The smallest absolute Gasteiger partial charge is 0.150 e. The number of likely N-dealkylation sites (tertiary alicyclic amines) is 1. The molecule has 3 aliphatic heterocycles. The Morgan fingerprint density at radius 1 is 1.12 bits per heavy atom. The van der Waals surface area contributed by atoms with Crippen molar-refractivity contribution >= 4 is 10.9 Å². The third kappa shape index (κ3) is 5.88. The highest BCUT2D eigenvalue weighted by molar-refractivity contribution is 5.84. The number of rotatable bonds is 10. The van der Waals surface area contributed by atoms with Crippen molar-refractivity contribution in [2.45, 2.75) is 70.4 Å². The van der Waals surface area contributed by atoms with Gasteiger partial charge in [-0.3, -0.25) is 14.2 Å². The second-order valence-electron chi connectivity index (χ2n) is 12.9. The van der Waals surface area contributed by atoms with E-state index in [0.717, 1.165) is 79.7 Å². The number of halogens is 2. The third-order valence-electron chi connectivity index (χ3n) is 9.03. The monoisotopic (exact) mass is 582 g/mol. The summed E-state index contributed by atoms with van der Waals surface area (Å²) in [7, 11) is 1.67. The average molecular weight is 583 g/mol. The highest BCUT2D eigenvalue weighted by Gasteiger charge is 2.39. The summed E-state index contributed by atoms with van der Waals surface area (Å²) in [5.74, 6) is 1.61. The molecule has 0 spiro atoms. The van der Waals surface area contributed by atoms with Crippen molar-refractivity contribution < 1.29 is 23.0 Å². The highest BCUT2D eigenvalue weighted by atomic mass is 19.1. The number of hydrogen-bond donors (Lipinski definition) is 0. The molecule has 1 aromatic heterocycles. The van der Waals surface area contributed by atoms with Crippen LogP contribution in [0.1, 0.15) is 69.0 Å². The lowest BCUT2D eigenvalue weighted by atomic mass is 9.82. The molecule has 6 rings (SSSR count). The maximum Gasteiger partial charge on any atom is 0.150 e. The van der Waals surface area contributed by atoms with Crippen LogP contribution in [0.15, 0.2) is 36.5 Å². The Bertz CT molecular complexity index is 1380. The molecule has 228 valence electrons. The van der Waals surface area contributed by atoms with Crippen LogP contribution >= 0.6 is 0 Å². The predicted molar refractivity (Wildman–Crippen MR) is 160 cm³/mol. The minimum Gasteiger partial charge on any atom is -0.496 e. The van der Waals surface area contributed by atoms with E-state index >= 15 is 4.39 Å². The minimum atomic E-state index is -1.37. The largest absolute Gasteiger partial charge is 0.496 e. The zero-order valence-corrected chi connectivity index (χ0v) is 25.3. The highest BCUT2D eigenvalue weighted by Crippen LogP contribution is 2.45. The second kappa shape index (κ2) is 12.1. The molecule has 3 aromatic rings. The number of nitrogens with zero attached hydrogens (tertiary/aromatic N) is 4. The third-order valence-corrected chi connectivity index (χ3v) is 9.03. The fourth-order valence-electron chi connectivity index (χ4n) is 6.96. The molecule has 42 heavy (non-hydrogen) atoms. The predicted octanol–water partition coefficient (Wildman–Crippen LogP) is 6.11. The van der Waals surface area contributed by atoms with Gasteiger partial charge in [-0.25, -0.2) is 9.07 Å². The van der Waals surface area contributed by atoms with E-state index in [4.69, 9.17) is 19.3 Å². The lowest BCUT2D eigenvalue weighted by Gasteiger charge is -2.44. The van der Waals surface area contributed by atoms with Gasteiger partial charge in [-0.2, -0.15) is 5.10 Å². The molecule has 3 atom stereocenters. The quantitative estimate of drug-likeness (QED) is 0.288. The first-order valence-electron chi connectivity index (χ1n) is 15.4. The first kappa shape index (κ1) is 29.3. The Balaban J connectivity index is 1.33. The summed E-state index contributed by atoms with van der Waals surface area (Å²) in [6.45, 7) is 9.16. The van der Waals surface area contributed by atoms with Crippen molar-refractivity contribution in [3.63, 3.8) is 0 Å². The molecule has 7 nitrogen and oxygen atoms in total. The van der Waals surface area contributed by atoms with E-state index < -0.39 is 5.67 Å². The molecule has 1 unspecified atom stereocenters. The molecule has 0 radical (unpaired) electrons. The lowest BCUT2D eigenvalue weighted by molar-refractivity contribution is -0.0366. The molecule has 2 aromatic carbocycles. The number of alkyl halides is 2. The van der Waals surface area contributed by atoms with E-state index in [1.165, 1.54) is 5.56 Å². The van der Waals surface area contributed by atoms with E-state index in [1.54, 1.807) is 21.0 Å². The van der Waals surface area contributed by atoms with Crippen molar-refractivity contribution in [3.8, 4) is 11.5 Å². The summed E-state index contributed by atoms with van der Waals surface area (Å²) < 4.78 is 48.1. The molecule has 0 amide bonds. The van der Waals surface area contributed by atoms with Crippen LogP contribution in [-0.4, -0.2) is 84.5 Å². The summed E-state index contributed by atoms with van der Waals surface area (Å²) in [4.78, 5) is 4.47. The Hall–Kier alpha value is -2.75. The number of aromatic nitrogens is 2. The molecule has 3 aliphatic rings. The second-order valence-corrected chi connectivity index (χ2v) is 12.9. The van der Waals surface area contributed by atoms with Crippen LogP contribution in [0, 0.1) is 5.92 Å². The summed E-state index contributed by atoms with van der Waals surface area (Å²) in [6.07, 6.45) is 5.95. The minimum absolute atomic E-state index is 0.0335. The topological polar surface area (TPSA) is 52.0 Å². The van der Waals surface area contributed by atoms with Gasteiger partial charge in [-0.05, 0) is 75.8 Å². The van der Waals surface area contributed by atoms with Gasteiger partial charge in [0.1, 0.15) is 23.8 Å². The van der Waals surface area contributed by atoms with Crippen LogP contribution in [-0.2, 0) is 11.2 Å². The van der Waals surface area contributed by atoms with Gasteiger partial charge in [0.2, 0.25) is 0 Å². The zero-order valence-electron chi connectivity index (χ0n) is 25.3. The van der Waals surface area contributed by atoms with Gasteiger partial charge in [0, 0.05) is 61.8 Å². The first-order chi connectivity index (χ1) is 20.3. The number of hydrogen-bond acceptors (Lipinski definition) is 6. The van der Waals surface area contributed by atoms with E-state index in [9.17, 15) is 4.39 Å². The summed E-state index contributed by atoms with van der Waals surface area (Å²) in [6, 6.07) is 10.2. The zero-order chi connectivity index (χ0) is 29.4. The lowest BCUT2D eigenvalue weighted by Crippen LogP contribution is -2.49. The molecule has 0 saturated carbocycles. The van der Waals surface area contributed by atoms with E-state index in [-0.39, 0.29) is 30.9 Å². The van der Waals surface area contributed by atoms with Gasteiger partial charge < -0.3 is 14.2 Å². The van der Waals surface area contributed by atoms with Gasteiger partial charge in [0.05, 0.1) is 31.5 Å². The first-order valence-corrected chi connectivity index (χ1v) is 15.4. The van der Waals surface area contributed by atoms with Gasteiger partial charge in [0.25, 0.3) is 0 Å². The molecule has 2 saturated heterocycles. The van der Waals surface area contributed by atoms with Crippen molar-refractivity contribution in [2.24, 2.45) is 5.92 Å². The maximum atomic E-state index is 15.3. The molecular formula is C33H44F2N4O3. The number of fused-ring (bicyclic) bond motifs is 3. The maximum absolute atomic E-state index is 15.3. The van der Waals surface area contributed by atoms with Gasteiger partial charge in [-0.1, -0.05) is 6.07 Å². The van der Waals surface area contributed by atoms with Crippen LogP contribution in [0.25, 0.3) is 10.9 Å². The number of benzene rings is 2. The summed E-state index contributed by atoms with van der Waals surface area (Å²) >= 11 is 0. The Morgan fingerprint density at radius 2 is 1.93 bits per heavy atom. The van der Waals surface area contributed by atoms with Crippen molar-refractivity contribution in [1.29, 1.82) is 0 Å². The van der Waals surface area contributed by atoms with Crippen LogP contribution in [0.3, 0.4) is 0 Å². The molecule has 4 heterocycles. The van der Waals surface area contributed by atoms with Crippen LogP contribution in [0.5, 0.6) is 11.5 Å². The van der Waals surface area contributed by atoms with Crippen molar-refractivity contribution in [2.75, 3.05) is 53.2 Å². The van der Waals surface area contributed by atoms with E-state index in [1.807, 2.05) is 23.0 Å². The molecule has 2 fully saturated rings. The summed E-state index contributed by atoms with van der Waals surface area (Å²) in [5.41, 5.74) is 3.11. The van der Waals surface area contributed by atoms with Crippen LogP contribution in [0.2, 0.25) is 0 Å². The molecule has 0 aliphatic carbocycles. The molecule has 0 bridgehead atoms. The molecule has 0 N–H and O–H groups in total. The van der Waals surface area contributed by atoms with Crippen molar-refractivity contribution in [1.82, 2.24) is 19.6 Å². The standard InChI is InChI=1S/C33H44F2N4O3/c1-22-15-27-25(10-11-29-28(27)18-36-39(29)31-7-5-6-13-42-31)32(38(22)21-33(2,3)35)26-9-8-24(16-30(26)40-4)41-14-12-37-19-23(17-34)20-37/h8-11,16,18,22-23,31-32H,5-7,12-15,17,19-21H2,1-4H3/t22-,31?,32+/m1/s1. The van der Waals surface area contributed by atoms with Crippen molar-refractivity contribution in [3.05, 3.63) is 53.2 Å². The Labute approximate surface area is 247 Å². The van der Waals surface area contributed by atoms with Gasteiger partial charge in [-0.15, -0.1) is 0 Å². The van der Waals surface area contributed by atoms with Gasteiger partial charge in [0.15, 0.2) is 6.23 Å². The average Bonchev–Trinajstić information content (AvgIpc) is 3.39. The normalized spacial score (nSPS) is 24.0. The number of methoxy groups -OCH3 is 1. The fraction of sp³-hybridized carbons (Fsp3) is 0.606. The SMILES string of the molecule is COc1cc(OCCN2CC(CF)C2)ccc1[C@@H]1c2ccc3c(cnn3C3CCCCO3)c2C[C@@H](C)N1CC(C)(C)F. The van der Waals surface area contributed by atoms with E-state index in [0.29, 0.717) is 18.9 Å². The van der Waals surface area contributed by atoms with Crippen LogP contribution in [0.4, 0.5) is 8.78 Å². The Morgan fingerprint density at radius 3 is 2.64 bits per heavy atom. The van der Waals surface area contributed by atoms with E-state index in [2.05, 4.69) is 34.9 Å². The summed E-state index contributed by atoms with van der Waals surface area (Å²) in [5, 5.41) is 5.93. The fourth-order valence-corrected chi connectivity index (χ4v) is 6.96. The van der Waals surface area contributed by atoms with Crippen LogP contribution < -0.4 is 9.47 Å². The Kier molecular flexibility index (Phi) is 8.44. The molecule has 9 heteroatoms.